The van der Waals surface area contributed by atoms with E-state index in [1.54, 1.807) is 6.07 Å². The molecule has 0 bridgehead atoms. The molecular formula is C14H20FNO2. The molecule has 1 aliphatic rings. The van der Waals surface area contributed by atoms with Gasteiger partial charge in [-0.1, -0.05) is 12.8 Å². The summed E-state index contributed by atoms with van der Waals surface area (Å²) in [5, 5.41) is 10.00. The van der Waals surface area contributed by atoms with Crippen molar-refractivity contribution in [2.45, 2.75) is 50.9 Å². The van der Waals surface area contributed by atoms with Crippen molar-refractivity contribution < 1.29 is 14.2 Å². The average molecular weight is 253 g/mol. The lowest BCUT2D eigenvalue weighted by Gasteiger charge is -2.23. The fourth-order valence-electron chi connectivity index (χ4n) is 2.38. The molecule has 2 rings (SSSR count). The van der Waals surface area contributed by atoms with Gasteiger partial charge in [-0.3, -0.25) is 0 Å². The number of aliphatic hydroxyl groups is 1. The van der Waals surface area contributed by atoms with Gasteiger partial charge in [0.05, 0.1) is 6.10 Å². The van der Waals surface area contributed by atoms with Gasteiger partial charge < -0.3 is 15.6 Å². The van der Waals surface area contributed by atoms with Crippen LogP contribution in [0.1, 0.15) is 37.7 Å². The van der Waals surface area contributed by atoms with E-state index in [4.69, 9.17) is 10.5 Å². The van der Waals surface area contributed by atoms with Crippen LogP contribution >= 0.6 is 0 Å². The number of halogens is 1. The molecule has 1 aromatic carbocycles. The summed E-state index contributed by atoms with van der Waals surface area (Å²) in [5.74, 6) is 0.272. The van der Waals surface area contributed by atoms with E-state index in [2.05, 4.69) is 0 Å². The van der Waals surface area contributed by atoms with Crippen LogP contribution in [-0.2, 0) is 6.54 Å². The Bertz CT molecular complexity index is 397. The average Bonchev–Trinajstić information content (AvgIpc) is 2.57. The van der Waals surface area contributed by atoms with Gasteiger partial charge in [0.1, 0.15) is 17.7 Å². The third-order valence-electron chi connectivity index (χ3n) is 3.44. The molecular weight excluding hydrogens is 233 g/mol. The molecule has 2 unspecified atom stereocenters. The highest BCUT2D eigenvalue weighted by Crippen LogP contribution is 2.26. The maximum atomic E-state index is 13.1. The predicted octanol–water partition coefficient (Wildman–Crippen LogP) is 2.36. The Kier molecular flexibility index (Phi) is 4.55. The van der Waals surface area contributed by atoms with Gasteiger partial charge in [0.15, 0.2) is 0 Å². The Morgan fingerprint density at radius 3 is 2.83 bits per heavy atom. The summed E-state index contributed by atoms with van der Waals surface area (Å²) in [5.41, 5.74) is 6.23. The molecule has 1 aliphatic carbocycles. The van der Waals surface area contributed by atoms with Gasteiger partial charge in [-0.25, -0.2) is 4.39 Å². The predicted molar refractivity (Wildman–Crippen MR) is 67.8 cm³/mol. The summed E-state index contributed by atoms with van der Waals surface area (Å²) in [6.07, 6.45) is 4.18. The molecule has 18 heavy (non-hydrogen) atoms. The molecule has 1 saturated carbocycles. The molecule has 0 spiro atoms. The molecule has 0 heterocycles. The lowest BCUT2D eigenvalue weighted by molar-refractivity contribution is 0.0314. The van der Waals surface area contributed by atoms with Crippen molar-refractivity contribution in [3.63, 3.8) is 0 Å². The van der Waals surface area contributed by atoms with E-state index in [9.17, 15) is 9.50 Å². The highest BCUT2D eigenvalue weighted by Gasteiger charge is 2.23. The lowest BCUT2D eigenvalue weighted by Crippen LogP contribution is -2.30. The molecule has 3 nitrogen and oxygen atoms in total. The van der Waals surface area contributed by atoms with Crippen LogP contribution in [-0.4, -0.2) is 17.3 Å². The van der Waals surface area contributed by atoms with Crippen LogP contribution < -0.4 is 10.5 Å². The Morgan fingerprint density at radius 1 is 1.28 bits per heavy atom. The van der Waals surface area contributed by atoms with E-state index in [-0.39, 0.29) is 18.5 Å². The first kappa shape index (κ1) is 13.3. The fraction of sp³-hybridized carbons (Fsp3) is 0.571. The quantitative estimate of drug-likeness (QED) is 0.813. The zero-order valence-corrected chi connectivity index (χ0v) is 10.4. The molecule has 1 aromatic rings. The number of benzene rings is 1. The lowest BCUT2D eigenvalue weighted by atomic mass is 10.1. The molecule has 0 radical (unpaired) electrons. The standard InChI is InChI=1S/C14H20FNO2/c15-11-6-7-13(10(8-11)9-16)18-14-5-3-1-2-4-12(14)17/h6-8,12,14,17H,1-5,9,16H2. The summed E-state index contributed by atoms with van der Waals surface area (Å²) in [7, 11) is 0. The van der Waals surface area contributed by atoms with Crippen molar-refractivity contribution in [3.8, 4) is 5.75 Å². The molecule has 3 N–H and O–H groups in total. The van der Waals surface area contributed by atoms with Crippen LogP contribution in [0.5, 0.6) is 5.75 Å². The summed E-state index contributed by atoms with van der Waals surface area (Å²) in [4.78, 5) is 0. The third kappa shape index (κ3) is 3.21. The molecule has 0 saturated heterocycles. The number of nitrogens with two attached hydrogens (primary N) is 1. The molecule has 0 aromatic heterocycles. The van der Waals surface area contributed by atoms with Crippen LogP contribution in [0.4, 0.5) is 4.39 Å². The van der Waals surface area contributed by atoms with Gasteiger partial charge in [0, 0.05) is 12.1 Å². The van der Waals surface area contributed by atoms with Gasteiger partial charge >= 0.3 is 0 Å². The normalized spacial score (nSPS) is 24.6. The zero-order chi connectivity index (χ0) is 13.0. The van der Waals surface area contributed by atoms with Gasteiger partial charge in [-0.05, 0) is 37.5 Å². The second kappa shape index (κ2) is 6.16. The van der Waals surface area contributed by atoms with Gasteiger partial charge in [-0.2, -0.15) is 0 Å². The van der Waals surface area contributed by atoms with Crippen LogP contribution in [0.25, 0.3) is 0 Å². The maximum Gasteiger partial charge on any atom is 0.124 e. The number of aliphatic hydroxyl groups excluding tert-OH is 1. The van der Waals surface area contributed by atoms with E-state index in [1.807, 2.05) is 0 Å². The van der Waals surface area contributed by atoms with E-state index in [0.29, 0.717) is 11.3 Å². The minimum Gasteiger partial charge on any atom is -0.487 e. The summed E-state index contributed by atoms with van der Waals surface area (Å²) >= 11 is 0. The summed E-state index contributed by atoms with van der Waals surface area (Å²) < 4.78 is 18.9. The minimum absolute atomic E-state index is 0.205. The van der Waals surface area contributed by atoms with E-state index < -0.39 is 6.10 Å². The van der Waals surface area contributed by atoms with E-state index in [1.165, 1.54) is 12.1 Å². The van der Waals surface area contributed by atoms with Crippen LogP contribution in [0, 0.1) is 5.82 Å². The van der Waals surface area contributed by atoms with Crippen LogP contribution in [0.15, 0.2) is 18.2 Å². The highest BCUT2D eigenvalue weighted by molar-refractivity contribution is 5.34. The Hall–Kier alpha value is -1.13. The first-order chi connectivity index (χ1) is 8.70. The fourth-order valence-corrected chi connectivity index (χ4v) is 2.38. The van der Waals surface area contributed by atoms with Gasteiger partial charge in [0.25, 0.3) is 0 Å². The monoisotopic (exact) mass is 253 g/mol. The highest BCUT2D eigenvalue weighted by atomic mass is 19.1. The SMILES string of the molecule is NCc1cc(F)ccc1OC1CCCCCC1O. The number of hydrogen-bond donors (Lipinski definition) is 2. The first-order valence-corrected chi connectivity index (χ1v) is 6.54. The first-order valence-electron chi connectivity index (χ1n) is 6.54. The second-order valence-corrected chi connectivity index (χ2v) is 4.82. The molecule has 0 aliphatic heterocycles. The molecule has 1 fully saturated rings. The van der Waals surface area contributed by atoms with Gasteiger partial charge in [0.2, 0.25) is 0 Å². The van der Waals surface area contributed by atoms with E-state index >= 15 is 0 Å². The number of rotatable bonds is 3. The molecule has 100 valence electrons. The topological polar surface area (TPSA) is 55.5 Å². The second-order valence-electron chi connectivity index (χ2n) is 4.82. The maximum absolute atomic E-state index is 13.1. The van der Waals surface area contributed by atoms with Crippen LogP contribution in [0.2, 0.25) is 0 Å². The molecule has 0 amide bonds. The van der Waals surface area contributed by atoms with Crippen molar-refractivity contribution in [1.29, 1.82) is 0 Å². The zero-order valence-electron chi connectivity index (χ0n) is 10.4. The number of hydrogen-bond acceptors (Lipinski definition) is 3. The summed E-state index contributed by atoms with van der Waals surface area (Å²) in [6.45, 7) is 0.232. The molecule has 2 atom stereocenters. The largest absolute Gasteiger partial charge is 0.487 e. The summed E-state index contributed by atoms with van der Waals surface area (Å²) in [6, 6.07) is 4.34. The Morgan fingerprint density at radius 2 is 2.06 bits per heavy atom. The van der Waals surface area contributed by atoms with Crippen molar-refractivity contribution in [3.05, 3.63) is 29.6 Å². The van der Waals surface area contributed by atoms with Crippen molar-refractivity contribution in [2.75, 3.05) is 0 Å². The van der Waals surface area contributed by atoms with Gasteiger partial charge in [-0.15, -0.1) is 0 Å². The minimum atomic E-state index is -0.442. The van der Waals surface area contributed by atoms with Crippen molar-refractivity contribution >= 4 is 0 Å². The smallest absolute Gasteiger partial charge is 0.124 e. The third-order valence-corrected chi connectivity index (χ3v) is 3.44. The Balaban J connectivity index is 2.12. The van der Waals surface area contributed by atoms with E-state index in [0.717, 1.165) is 32.1 Å². The van der Waals surface area contributed by atoms with Crippen molar-refractivity contribution in [2.24, 2.45) is 5.73 Å². The van der Waals surface area contributed by atoms with Crippen LogP contribution in [0.3, 0.4) is 0 Å². The Labute approximate surface area is 107 Å². The number of ether oxygens (including phenoxy) is 1. The molecule has 4 heteroatoms. The van der Waals surface area contributed by atoms with Crippen molar-refractivity contribution in [1.82, 2.24) is 0 Å².